The fraction of sp³-hybridized carbons (Fsp3) is 0.533. The van der Waals surface area contributed by atoms with Gasteiger partial charge >= 0.3 is 0 Å². The van der Waals surface area contributed by atoms with Crippen molar-refractivity contribution in [3.63, 3.8) is 0 Å². The maximum absolute atomic E-state index is 11.9. The zero-order valence-electron chi connectivity index (χ0n) is 11.6. The highest BCUT2D eigenvalue weighted by atomic mass is 16.5. The Labute approximate surface area is 119 Å². The second kappa shape index (κ2) is 7.99. The molecule has 0 bridgehead atoms. The van der Waals surface area contributed by atoms with Crippen LogP contribution in [-0.2, 0) is 16.0 Å². The quantitative estimate of drug-likeness (QED) is 0.771. The number of hydrogen-bond acceptors (Lipinski definition) is 4. The van der Waals surface area contributed by atoms with Crippen LogP contribution in [0, 0.1) is 0 Å². The smallest absolute Gasteiger partial charge is 0.234 e. The SMILES string of the molecule is O=C(CN1CCOCC1CO)NCCc1ccccc1. The van der Waals surface area contributed by atoms with E-state index in [-0.39, 0.29) is 18.6 Å². The Kier molecular flexibility index (Phi) is 5.98. The van der Waals surface area contributed by atoms with E-state index in [1.165, 1.54) is 5.56 Å². The normalized spacial score (nSPS) is 19.8. The Morgan fingerprint density at radius 3 is 2.95 bits per heavy atom. The number of ether oxygens (including phenoxy) is 1. The zero-order chi connectivity index (χ0) is 14.2. The van der Waals surface area contributed by atoms with Crippen molar-refractivity contribution in [1.29, 1.82) is 0 Å². The van der Waals surface area contributed by atoms with Gasteiger partial charge in [-0.1, -0.05) is 30.3 Å². The van der Waals surface area contributed by atoms with E-state index in [9.17, 15) is 9.90 Å². The van der Waals surface area contributed by atoms with E-state index in [0.717, 1.165) is 6.42 Å². The molecular formula is C15H22N2O3. The van der Waals surface area contributed by atoms with Crippen LogP contribution in [0.3, 0.4) is 0 Å². The molecule has 1 heterocycles. The number of aliphatic hydroxyl groups is 1. The van der Waals surface area contributed by atoms with Crippen molar-refractivity contribution in [3.8, 4) is 0 Å². The molecule has 1 aromatic carbocycles. The second-order valence-corrected chi connectivity index (χ2v) is 4.97. The summed E-state index contributed by atoms with van der Waals surface area (Å²) in [4.78, 5) is 13.9. The Morgan fingerprint density at radius 2 is 2.20 bits per heavy atom. The molecule has 1 atom stereocenters. The number of benzene rings is 1. The number of carbonyl (C=O) groups excluding carboxylic acids is 1. The largest absolute Gasteiger partial charge is 0.395 e. The topological polar surface area (TPSA) is 61.8 Å². The third kappa shape index (κ3) is 4.59. The minimum atomic E-state index is -0.0661. The summed E-state index contributed by atoms with van der Waals surface area (Å²) in [6, 6.07) is 10.0. The summed E-state index contributed by atoms with van der Waals surface area (Å²) in [5, 5.41) is 12.2. The molecule has 5 nitrogen and oxygen atoms in total. The van der Waals surface area contributed by atoms with Crippen LogP contribution in [0.5, 0.6) is 0 Å². The molecule has 1 aromatic rings. The van der Waals surface area contributed by atoms with Crippen molar-refractivity contribution in [2.75, 3.05) is 39.5 Å². The first-order chi connectivity index (χ1) is 9.79. The molecule has 2 N–H and O–H groups in total. The Morgan fingerprint density at radius 1 is 1.40 bits per heavy atom. The Balaban J connectivity index is 1.69. The molecule has 20 heavy (non-hydrogen) atoms. The lowest BCUT2D eigenvalue weighted by Crippen LogP contribution is -2.51. The number of nitrogens with zero attached hydrogens (tertiary/aromatic N) is 1. The summed E-state index contributed by atoms with van der Waals surface area (Å²) in [5.74, 6) is 0.00119. The first kappa shape index (κ1) is 15.0. The molecule has 110 valence electrons. The van der Waals surface area contributed by atoms with Crippen LogP contribution in [0.4, 0.5) is 0 Å². The van der Waals surface area contributed by atoms with Crippen molar-refractivity contribution in [1.82, 2.24) is 10.2 Å². The van der Waals surface area contributed by atoms with Crippen LogP contribution in [0.15, 0.2) is 30.3 Å². The summed E-state index contributed by atoms with van der Waals surface area (Å²) < 4.78 is 5.29. The van der Waals surface area contributed by atoms with E-state index in [1.807, 2.05) is 23.1 Å². The molecule has 2 rings (SSSR count). The number of amides is 1. The fourth-order valence-corrected chi connectivity index (χ4v) is 2.30. The highest BCUT2D eigenvalue weighted by molar-refractivity contribution is 5.78. The summed E-state index contributed by atoms with van der Waals surface area (Å²) in [5.41, 5.74) is 1.22. The molecule has 1 amide bonds. The van der Waals surface area contributed by atoms with Crippen LogP contribution < -0.4 is 5.32 Å². The highest BCUT2D eigenvalue weighted by Crippen LogP contribution is 2.05. The van der Waals surface area contributed by atoms with Gasteiger partial charge in [0.25, 0.3) is 0 Å². The van der Waals surface area contributed by atoms with Gasteiger partial charge in [-0.25, -0.2) is 0 Å². The lowest BCUT2D eigenvalue weighted by Gasteiger charge is -2.33. The lowest BCUT2D eigenvalue weighted by molar-refractivity contribution is -0.125. The van der Waals surface area contributed by atoms with Gasteiger partial charge in [0.05, 0.1) is 32.4 Å². The number of nitrogens with one attached hydrogen (secondary N) is 1. The van der Waals surface area contributed by atoms with Gasteiger partial charge in [-0.15, -0.1) is 0 Å². The van der Waals surface area contributed by atoms with Crippen LogP contribution in [0.2, 0.25) is 0 Å². The average molecular weight is 278 g/mol. The molecule has 0 spiro atoms. The molecule has 0 radical (unpaired) electrons. The molecule has 0 saturated carbocycles. The van der Waals surface area contributed by atoms with E-state index >= 15 is 0 Å². The van der Waals surface area contributed by atoms with Crippen molar-refractivity contribution >= 4 is 5.91 Å². The van der Waals surface area contributed by atoms with E-state index in [2.05, 4.69) is 17.4 Å². The predicted molar refractivity (Wildman–Crippen MR) is 76.4 cm³/mol. The number of rotatable bonds is 6. The van der Waals surface area contributed by atoms with Gasteiger partial charge in [0.2, 0.25) is 5.91 Å². The van der Waals surface area contributed by atoms with Crippen molar-refractivity contribution < 1.29 is 14.6 Å². The van der Waals surface area contributed by atoms with Gasteiger partial charge in [-0.2, -0.15) is 0 Å². The molecule has 1 aliphatic rings. The monoisotopic (exact) mass is 278 g/mol. The van der Waals surface area contributed by atoms with Gasteiger partial charge in [0, 0.05) is 13.1 Å². The summed E-state index contributed by atoms with van der Waals surface area (Å²) in [6.45, 7) is 2.79. The molecule has 1 saturated heterocycles. The third-order valence-corrected chi connectivity index (χ3v) is 3.49. The molecule has 0 aromatic heterocycles. The molecule has 0 aliphatic carbocycles. The van der Waals surface area contributed by atoms with Gasteiger partial charge in [-0.05, 0) is 12.0 Å². The summed E-state index contributed by atoms with van der Waals surface area (Å²) in [7, 11) is 0. The van der Waals surface area contributed by atoms with Crippen molar-refractivity contribution in [2.24, 2.45) is 0 Å². The summed E-state index contributed by atoms with van der Waals surface area (Å²) in [6.07, 6.45) is 0.832. The molecule has 5 heteroatoms. The van der Waals surface area contributed by atoms with E-state index < -0.39 is 0 Å². The minimum absolute atomic E-state index is 0.00119. The number of aliphatic hydroxyl groups excluding tert-OH is 1. The van der Waals surface area contributed by atoms with Gasteiger partial charge < -0.3 is 15.2 Å². The predicted octanol–water partition coefficient (Wildman–Crippen LogP) is 0.0384. The highest BCUT2D eigenvalue weighted by Gasteiger charge is 2.23. The standard InChI is InChI=1S/C15H22N2O3/c18-11-14-12-20-9-8-17(14)10-15(19)16-7-6-13-4-2-1-3-5-13/h1-5,14,18H,6-12H2,(H,16,19). The van der Waals surface area contributed by atoms with E-state index in [4.69, 9.17) is 4.74 Å². The van der Waals surface area contributed by atoms with E-state index in [1.54, 1.807) is 0 Å². The molecule has 1 unspecified atom stereocenters. The minimum Gasteiger partial charge on any atom is -0.395 e. The van der Waals surface area contributed by atoms with Crippen LogP contribution in [-0.4, -0.2) is 61.4 Å². The van der Waals surface area contributed by atoms with Gasteiger partial charge in [-0.3, -0.25) is 9.69 Å². The number of hydrogen-bond donors (Lipinski definition) is 2. The molecular weight excluding hydrogens is 256 g/mol. The van der Waals surface area contributed by atoms with Gasteiger partial charge in [0.1, 0.15) is 0 Å². The first-order valence-corrected chi connectivity index (χ1v) is 7.03. The zero-order valence-corrected chi connectivity index (χ0v) is 11.6. The Bertz CT molecular complexity index is 411. The lowest BCUT2D eigenvalue weighted by atomic mass is 10.1. The molecule has 1 aliphatic heterocycles. The average Bonchev–Trinajstić information content (AvgIpc) is 2.49. The maximum Gasteiger partial charge on any atom is 0.234 e. The fourth-order valence-electron chi connectivity index (χ4n) is 2.30. The maximum atomic E-state index is 11.9. The second-order valence-electron chi connectivity index (χ2n) is 4.97. The van der Waals surface area contributed by atoms with Crippen molar-refractivity contribution in [2.45, 2.75) is 12.5 Å². The van der Waals surface area contributed by atoms with E-state index in [0.29, 0.717) is 32.8 Å². The van der Waals surface area contributed by atoms with Crippen LogP contribution in [0.1, 0.15) is 5.56 Å². The number of morpholine rings is 1. The Hall–Kier alpha value is -1.43. The first-order valence-electron chi connectivity index (χ1n) is 7.03. The van der Waals surface area contributed by atoms with Crippen LogP contribution >= 0.6 is 0 Å². The molecule has 1 fully saturated rings. The third-order valence-electron chi connectivity index (χ3n) is 3.49. The number of carbonyl (C=O) groups is 1. The summed E-state index contributed by atoms with van der Waals surface area (Å²) >= 11 is 0. The van der Waals surface area contributed by atoms with Crippen molar-refractivity contribution in [3.05, 3.63) is 35.9 Å². The van der Waals surface area contributed by atoms with Gasteiger partial charge in [0.15, 0.2) is 0 Å². The van der Waals surface area contributed by atoms with Crippen LogP contribution in [0.25, 0.3) is 0 Å².